The Bertz CT molecular complexity index is 595. The minimum atomic E-state index is -0.118. The minimum Gasteiger partial charge on any atom is -0.293 e. The summed E-state index contributed by atoms with van der Waals surface area (Å²) in [6.07, 6.45) is 3.47. The number of nitrogens with zero attached hydrogens (tertiary/aromatic N) is 2. The molecule has 0 spiro atoms. The standard InChI is InChI=1S/C14H14N2OS2/c1-9(19-14-16-15-8-18-14)13(17)12-6-5-10-3-2-4-11(10)7-12/h5-9H,2-4H2,1H3/t9-/m0/s1. The predicted octanol–water partition coefficient (Wildman–Crippen LogP) is 3.39. The van der Waals surface area contributed by atoms with Crippen LogP contribution in [0.15, 0.2) is 28.0 Å². The molecule has 1 atom stereocenters. The number of aromatic nitrogens is 2. The number of aryl methyl sites for hydroxylation is 2. The number of thioether (sulfide) groups is 1. The first kappa shape index (κ1) is 12.8. The first-order chi connectivity index (χ1) is 9.24. The molecule has 0 fully saturated rings. The Labute approximate surface area is 120 Å². The van der Waals surface area contributed by atoms with Gasteiger partial charge in [0.25, 0.3) is 0 Å². The van der Waals surface area contributed by atoms with Crippen molar-refractivity contribution < 1.29 is 4.79 Å². The summed E-state index contributed by atoms with van der Waals surface area (Å²) in [6, 6.07) is 6.14. The summed E-state index contributed by atoms with van der Waals surface area (Å²) in [5.41, 5.74) is 5.26. The van der Waals surface area contributed by atoms with Crippen LogP contribution in [0, 0.1) is 0 Å². The lowest BCUT2D eigenvalue weighted by atomic mass is 10.0. The summed E-state index contributed by atoms with van der Waals surface area (Å²) in [5.74, 6) is 0.176. The monoisotopic (exact) mass is 290 g/mol. The van der Waals surface area contributed by atoms with Gasteiger partial charge in [-0.25, -0.2) is 0 Å². The van der Waals surface area contributed by atoms with Crippen molar-refractivity contribution in [3.05, 3.63) is 40.4 Å². The molecule has 0 N–H and O–H groups in total. The Kier molecular flexibility index (Phi) is 3.66. The fourth-order valence-corrected chi connectivity index (χ4v) is 4.08. The Morgan fingerprint density at radius 3 is 3.00 bits per heavy atom. The van der Waals surface area contributed by atoms with E-state index in [1.54, 1.807) is 5.51 Å². The van der Waals surface area contributed by atoms with Crippen LogP contribution in [-0.2, 0) is 12.8 Å². The Hall–Kier alpha value is -1.20. The Morgan fingerprint density at radius 1 is 1.37 bits per heavy atom. The third-order valence-corrected chi connectivity index (χ3v) is 5.28. The zero-order valence-electron chi connectivity index (χ0n) is 10.6. The first-order valence-corrected chi connectivity index (χ1v) is 8.09. The number of ketones is 1. The second-order valence-electron chi connectivity index (χ2n) is 4.67. The highest BCUT2D eigenvalue weighted by atomic mass is 32.2. The second kappa shape index (κ2) is 5.43. The summed E-state index contributed by atoms with van der Waals surface area (Å²) in [7, 11) is 0. The van der Waals surface area contributed by atoms with Crippen LogP contribution in [0.3, 0.4) is 0 Å². The van der Waals surface area contributed by atoms with Crippen molar-refractivity contribution in [3.8, 4) is 0 Å². The highest BCUT2D eigenvalue weighted by molar-refractivity contribution is 8.02. The molecule has 1 aromatic carbocycles. The van der Waals surface area contributed by atoms with Crippen molar-refractivity contribution in [1.29, 1.82) is 0 Å². The van der Waals surface area contributed by atoms with Gasteiger partial charge in [-0.3, -0.25) is 4.79 Å². The molecule has 0 saturated carbocycles. The van der Waals surface area contributed by atoms with E-state index in [0.29, 0.717) is 0 Å². The van der Waals surface area contributed by atoms with Crippen LogP contribution < -0.4 is 0 Å². The molecule has 0 aliphatic heterocycles. The van der Waals surface area contributed by atoms with Gasteiger partial charge in [0.05, 0.1) is 5.25 Å². The van der Waals surface area contributed by atoms with Crippen LogP contribution >= 0.6 is 23.1 Å². The van der Waals surface area contributed by atoms with E-state index in [2.05, 4.69) is 22.3 Å². The van der Waals surface area contributed by atoms with E-state index >= 15 is 0 Å². The third kappa shape index (κ3) is 2.72. The quantitative estimate of drug-likeness (QED) is 0.639. The van der Waals surface area contributed by atoms with E-state index in [-0.39, 0.29) is 11.0 Å². The van der Waals surface area contributed by atoms with Crippen LogP contribution in [0.1, 0.15) is 34.8 Å². The molecule has 1 aliphatic rings. The SMILES string of the molecule is C[C@H](Sc1nncs1)C(=O)c1ccc2c(c1)CCC2. The first-order valence-electron chi connectivity index (χ1n) is 6.33. The van der Waals surface area contributed by atoms with Gasteiger partial charge < -0.3 is 0 Å². The molecule has 0 unspecified atom stereocenters. The fourth-order valence-electron chi connectivity index (χ4n) is 2.38. The molecule has 3 nitrogen and oxygen atoms in total. The molecule has 1 heterocycles. The number of rotatable bonds is 4. The fraction of sp³-hybridized carbons (Fsp3) is 0.357. The van der Waals surface area contributed by atoms with Crippen molar-refractivity contribution in [2.75, 3.05) is 0 Å². The number of carbonyl (C=O) groups excluding carboxylic acids is 1. The average molecular weight is 290 g/mol. The van der Waals surface area contributed by atoms with Gasteiger partial charge in [-0.2, -0.15) is 0 Å². The topological polar surface area (TPSA) is 42.9 Å². The molecule has 3 rings (SSSR count). The summed E-state index contributed by atoms with van der Waals surface area (Å²) in [4.78, 5) is 12.4. The van der Waals surface area contributed by atoms with Gasteiger partial charge >= 0.3 is 0 Å². The van der Waals surface area contributed by atoms with Crippen molar-refractivity contribution in [2.24, 2.45) is 0 Å². The van der Waals surface area contributed by atoms with E-state index in [1.165, 1.54) is 40.6 Å². The van der Waals surface area contributed by atoms with Crippen LogP contribution in [0.5, 0.6) is 0 Å². The molecule has 0 bridgehead atoms. The summed E-state index contributed by atoms with van der Waals surface area (Å²) in [5, 5.41) is 7.64. The van der Waals surface area contributed by atoms with Crippen molar-refractivity contribution in [2.45, 2.75) is 35.8 Å². The molecule has 5 heteroatoms. The number of hydrogen-bond acceptors (Lipinski definition) is 5. The summed E-state index contributed by atoms with van der Waals surface area (Å²) < 4.78 is 0.849. The molecule has 2 aromatic rings. The predicted molar refractivity (Wildman–Crippen MR) is 78.0 cm³/mol. The number of hydrogen-bond donors (Lipinski definition) is 0. The van der Waals surface area contributed by atoms with Gasteiger partial charge in [-0.1, -0.05) is 35.2 Å². The van der Waals surface area contributed by atoms with Gasteiger partial charge in [0.2, 0.25) is 0 Å². The maximum atomic E-state index is 12.4. The van der Waals surface area contributed by atoms with E-state index in [1.807, 2.05) is 13.0 Å². The largest absolute Gasteiger partial charge is 0.293 e. The highest BCUT2D eigenvalue weighted by Crippen LogP contribution is 2.28. The van der Waals surface area contributed by atoms with Crippen molar-refractivity contribution in [3.63, 3.8) is 0 Å². The molecule has 0 saturated heterocycles. The van der Waals surface area contributed by atoms with Crippen molar-refractivity contribution >= 4 is 28.9 Å². The highest BCUT2D eigenvalue weighted by Gasteiger charge is 2.20. The lowest BCUT2D eigenvalue weighted by molar-refractivity contribution is 0.0994. The molecule has 0 radical (unpaired) electrons. The zero-order chi connectivity index (χ0) is 13.2. The lowest BCUT2D eigenvalue weighted by Crippen LogP contribution is -2.13. The number of benzene rings is 1. The maximum absolute atomic E-state index is 12.4. The summed E-state index contributed by atoms with van der Waals surface area (Å²) in [6.45, 7) is 1.93. The van der Waals surface area contributed by atoms with Gasteiger partial charge in [-0.05, 0) is 43.4 Å². The number of fused-ring (bicyclic) bond motifs is 1. The lowest BCUT2D eigenvalue weighted by Gasteiger charge is -2.09. The summed E-state index contributed by atoms with van der Waals surface area (Å²) >= 11 is 2.95. The zero-order valence-corrected chi connectivity index (χ0v) is 12.3. The van der Waals surface area contributed by atoms with Gasteiger partial charge in [0, 0.05) is 5.56 Å². The van der Waals surface area contributed by atoms with Gasteiger partial charge in [0.15, 0.2) is 10.1 Å². The second-order valence-corrected chi connectivity index (χ2v) is 7.09. The molecular formula is C14H14N2OS2. The number of Topliss-reactive ketones (excluding diaryl/α,β-unsaturated/α-hetero) is 1. The van der Waals surface area contributed by atoms with E-state index in [9.17, 15) is 4.79 Å². The van der Waals surface area contributed by atoms with E-state index in [4.69, 9.17) is 0 Å². The minimum absolute atomic E-state index is 0.118. The van der Waals surface area contributed by atoms with E-state index in [0.717, 1.165) is 22.7 Å². The molecular weight excluding hydrogens is 276 g/mol. The van der Waals surface area contributed by atoms with Gasteiger partial charge in [0.1, 0.15) is 5.51 Å². The molecule has 19 heavy (non-hydrogen) atoms. The van der Waals surface area contributed by atoms with Crippen LogP contribution in [0.2, 0.25) is 0 Å². The average Bonchev–Trinajstić information content (AvgIpc) is 3.07. The smallest absolute Gasteiger partial charge is 0.175 e. The van der Waals surface area contributed by atoms with Crippen LogP contribution in [0.4, 0.5) is 0 Å². The Morgan fingerprint density at radius 2 is 2.21 bits per heavy atom. The van der Waals surface area contributed by atoms with Crippen molar-refractivity contribution in [1.82, 2.24) is 10.2 Å². The van der Waals surface area contributed by atoms with Crippen LogP contribution in [-0.4, -0.2) is 21.2 Å². The molecule has 98 valence electrons. The van der Waals surface area contributed by atoms with Crippen LogP contribution in [0.25, 0.3) is 0 Å². The molecule has 1 aliphatic carbocycles. The number of carbonyl (C=O) groups is 1. The third-order valence-electron chi connectivity index (χ3n) is 3.37. The normalized spacial score (nSPS) is 15.2. The van der Waals surface area contributed by atoms with Gasteiger partial charge in [-0.15, -0.1) is 10.2 Å². The maximum Gasteiger partial charge on any atom is 0.175 e. The van der Waals surface area contributed by atoms with E-state index < -0.39 is 0 Å². The molecule has 0 amide bonds. The molecule has 1 aromatic heterocycles. The Balaban J connectivity index is 1.76.